The van der Waals surface area contributed by atoms with Crippen molar-refractivity contribution in [3.05, 3.63) is 360 Å². The van der Waals surface area contributed by atoms with Gasteiger partial charge in [0.25, 0.3) is 0 Å². The zero-order valence-corrected chi connectivity index (χ0v) is 46.3. The summed E-state index contributed by atoms with van der Waals surface area (Å²) in [7, 11) is 0. The average Bonchev–Trinajstić information content (AvgIpc) is 1.62. The molecule has 2 aliphatic carbocycles. The number of benzene rings is 12. The second-order valence-corrected chi connectivity index (χ2v) is 22.2. The molecule has 3 nitrogen and oxygen atoms in total. The van der Waals surface area contributed by atoms with Gasteiger partial charge in [0.2, 0.25) is 0 Å². The van der Waals surface area contributed by atoms with Crippen LogP contribution >= 0.6 is 0 Å². The first kappa shape index (κ1) is 49.1. The molecule has 0 saturated heterocycles. The summed E-state index contributed by atoms with van der Waals surface area (Å²) in [5.74, 6) is 3.50. The summed E-state index contributed by atoms with van der Waals surface area (Å²) >= 11 is 0. The van der Waals surface area contributed by atoms with Crippen molar-refractivity contribution in [1.82, 2.24) is 0 Å². The van der Waals surface area contributed by atoms with E-state index in [1.807, 2.05) is 6.08 Å². The number of anilines is 3. The molecule has 0 fully saturated rings. The predicted molar refractivity (Wildman–Crippen MR) is 345 cm³/mol. The third kappa shape index (κ3) is 7.19. The third-order valence-electron chi connectivity index (χ3n) is 18.1. The molecule has 2 spiro atoms. The van der Waals surface area contributed by atoms with Gasteiger partial charge in [0.1, 0.15) is 23.0 Å². The number of hydrogen-bond acceptors (Lipinski definition) is 3. The van der Waals surface area contributed by atoms with E-state index in [1.54, 1.807) is 0 Å². The molecule has 2 heterocycles. The van der Waals surface area contributed by atoms with Crippen molar-refractivity contribution in [2.75, 3.05) is 4.90 Å². The molecule has 0 amide bonds. The van der Waals surface area contributed by atoms with Crippen LogP contribution in [0.1, 0.15) is 51.4 Å². The van der Waals surface area contributed by atoms with Gasteiger partial charge in [-0.25, -0.2) is 0 Å². The fourth-order valence-corrected chi connectivity index (χ4v) is 14.6. The van der Waals surface area contributed by atoms with Gasteiger partial charge in [-0.3, -0.25) is 0 Å². The molecule has 0 N–H and O–H groups in total. The fourth-order valence-electron chi connectivity index (χ4n) is 14.6. The Morgan fingerprint density at radius 3 is 1.42 bits per heavy atom. The minimum Gasteiger partial charge on any atom is -0.457 e. The lowest BCUT2D eigenvalue weighted by Crippen LogP contribution is -2.32. The van der Waals surface area contributed by atoms with E-state index in [-0.39, 0.29) is 0 Å². The molecule has 396 valence electrons. The van der Waals surface area contributed by atoms with Crippen LogP contribution in [0, 0.1) is 0 Å². The summed E-state index contributed by atoms with van der Waals surface area (Å²) in [6, 6.07) is 104. The second-order valence-electron chi connectivity index (χ2n) is 22.2. The maximum atomic E-state index is 6.74. The van der Waals surface area contributed by atoms with Gasteiger partial charge in [-0.15, -0.1) is 0 Å². The highest BCUT2D eigenvalue weighted by Gasteiger charge is 2.53. The standard InChI is InChI=1S/C81H55NO2/c1-3-4-30-61-53(2)80(67-36-11-16-43-74(67)83-75-44-17-12-37-68(75)80)71-40-23-34-64(78(61)71)63-31-9-15-42-73(63)82(59-49-47-55(48-50-59)57-27-20-26-56(51-57)54-24-6-5-7-25-54)60-29-21-28-58(52-60)62-33-22-41-72-79(62)65-32-8-10-35-66(65)81(72)69-38-13-18-45-76(69)84-77-46-19-14-39-70(77)81/h3-52H,1H2,2H3/b30-4-. The van der Waals surface area contributed by atoms with Crippen LogP contribution in [0.5, 0.6) is 23.0 Å². The highest BCUT2D eigenvalue weighted by molar-refractivity contribution is 6.02. The lowest BCUT2D eigenvalue weighted by Gasteiger charge is -2.40. The first-order valence-electron chi connectivity index (χ1n) is 28.9. The number of ether oxygens (including phenoxy) is 2. The van der Waals surface area contributed by atoms with Gasteiger partial charge in [-0.1, -0.05) is 249 Å². The Balaban J connectivity index is 0.908. The molecule has 12 aromatic rings. The van der Waals surface area contributed by atoms with E-state index in [0.29, 0.717) is 0 Å². The van der Waals surface area contributed by atoms with Crippen LogP contribution in [-0.4, -0.2) is 0 Å². The van der Waals surface area contributed by atoms with Crippen molar-refractivity contribution >= 4 is 22.6 Å². The maximum Gasteiger partial charge on any atom is 0.132 e. The Hall–Kier alpha value is -10.7. The molecular formula is C81H55NO2. The lowest BCUT2D eigenvalue weighted by atomic mass is 9.65. The zero-order valence-electron chi connectivity index (χ0n) is 46.3. The number of allylic oxidation sites excluding steroid dienone is 5. The summed E-state index contributed by atoms with van der Waals surface area (Å²) in [5.41, 5.74) is 25.5. The lowest BCUT2D eigenvalue weighted by molar-refractivity contribution is 0.434. The molecule has 0 atom stereocenters. The number of hydrogen-bond donors (Lipinski definition) is 0. The molecule has 0 radical (unpaired) electrons. The van der Waals surface area contributed by atoms with Crippen LogP contribution < -0.4 is 14.4 Å². The van der Waals surface area contributed by atoms with Gasteiger partial charge in [-0.05, 0) is 151 Å². The molecule has 2 aliphatic heterocycles. The highest BCUT2D eigenvalue weighted by Crippen LogP contribution is 2.65. The summed E-state index contributed by atoms with van der Waals surface area (Å²) in [4.78, 5) is 2.46. The molecule has 84 heavy (non-hydrogen) atoms. The zero-order chi connectivity index (χ0) is 55.9. The largest absolute Gasteiger partial charge is 0.457 e. The Morgan fingerprint density at radius 1 is 0.333 bits per heavy atom. The van der Waals surface area contributed by atoms with Gasteiger partial charge in [-0.2, -0.15) is 0 Å². The van der Waals surface area contributed by atoms with E-state index in [2.05, 4.69) is 316 Å². The topological polar surface area (TPSA) is 21.7 Å². The average molecular weight is 1070 g/mol. The van der Waals surface area contributed by atoms with Gasteiger partial charge in [0.15, 0.2) is 0 Å². The summed E-state index contributed by atoms with van der Waals surface area (Å²) in [6.07, 6.45) is 6.22. The van der Waals surface area contributed by atoms with Crippen LogP contribution in [0.4, 0.5) is 17.1 Å². The van der Waals surface area contributed by atoms with E-state index in [9.17, 15) is 0 Å². The molecule has 0 aromatic heterocycles. The van der Waals surface area contributed by atoms with Crippen LogP contribution in [0.2, 0.25) is 0 Å². The van der Waals surface area contributed by atoms with E-state index < -0.39 is 10.8 Å². The molecule has 16 rings (SSSR count). The minimum atomic E-state index is -0.615. The van der Waals surface area contributed by atoms with Gasteiger partial charge >= 0.3 is 0 Å². The van der Waals surface area contributed by atoms with Crippen LogP contribution in [-0.2, 0) is 10.8 Å². The summed E-state index contributed by atoms with van der Waals surface area (Å²) in [5, 5.41) is 0. The van der Waals surface area contributed by atoms with Crippen molar-refractivity contribution in [2.24, 2.45) is 0 Å². The monoisotopic (exact) mass is 1070 g/mol. The molecule has 0 unspecified atom stereocenters. The van der Waals surface area contributed by atoms with Crippen molar-refractivity contribution < 1.29 is 9.47 Å². The fraction of sp³-hybridized carbons (Fsp3) is 0.0370. The van der Waals surface area contributed by atoms with E-state index in [0.717, 1.165) is 90.1 Å². The van der Waals surface area contributed by atoms with Gasteiger partial charge < -0.3 is 14.4 Å². The normalized spacial score (nSPS) is 14.1. The van der Waals surface area contributed by atoms with E-state index in [1.165, 1.54) is 61.2 Å². The Kier molecular flexibility index (Phi) is 11.4. The summed E-state index contributed by atoms with van der Waals surface area (Å²) < 4.78 is 13.5. The second kappa shape index (κ2) is 19.5. The van der Waals surface area contributed by atoms with Gasteiger partial charge in [0.05, 0.1) is 16.5 Å². The Labute approximate surface area is 490 Å². The SMILES string of the molecule is C=C/C=C\C1=C(C)C2(c3ccccc3Oc3ccccc32)c2cccc(-c3ccccc3N(c3ccc(-c4cccc(-c5ccccc5)c4)cc3)c3cccc(-c4cccc5c4-c4ccccc4C54c5ccccc5Oc5ccccc54)c3)c21. The number of para-hydroxylation sites is 5. The molecular weight excluding hydrogens is 1020 g/mol. The van der Waals surface area contributed by atoms with Crippen molar-refractivity contribution in [2.45, 2.75) is 17.8 Å². The third-order valence-corrected chi connectivity index (χ3v) is 18.1. The Morgan fingerprint density at radius 2 is 0.786 bits per heavy atom. The van der Waals surface area contributed by atoms with Crippen LogP contribution in [0.25, 0.3) is 61.2 Å². The number of rotatable bonds is 9. The molecule has 0 bridgehead atoms. The first-order chi connectivity index (χ1) is 41.5. The summed E-state index contributed by atoms with van der Waals surface area (Å²) in [6.45, 7) is 6.48. The number of nitrogens with zero attached hydrogens (tertiary/aromatic N) is 1. The van der Waals surface area contributed by atoms with E-state index in [4.69, 9.17) is 9.47 Å². The van der Waals surface area contributed by atoms with Crippen molar-refractivity contribution in [1.29, 1.82) is 0 Å². The van der Waals surface area contributed by atoms with E-state index >= 15 is 0 Å². The first-order valence-corrected chi connectivity index (χ1v) is 28.9. The minimum absolute atomic E-state index is 0.589. The molecule has 3 heteroatoms. The molecule has 12 aromatic carbocycles. The molecule has 0 saturated carbocycles. The van der Waals surface area contributed by atoms with Crippen LogP contribution in [0.15, 0.2) is 315 Å². The molecule has 4 aliphatic rings. The van der Waals surface area contributed by atoms with Crippen molar-refractivity contribution in [3.8, 4) is 78.6 Å². The van der Waals surface area contributed by atoms with Crippen molar-refractivity contribution in [3.63, 3.8) is 0 Å². The van der Waals surface area contributed by atoms with Gasteiger partial charge in [0, 0.05) is 39.2 Å². The quantitative estimate of drug-likeness (QED) is 0.135. The smallest absolute Gasteiger partial charge is 0.132 e. The van der Waals surface area contributed by atoms with Crippen LogP contribution in [0.3, 0.4) is 0 Å². The highest BCUT2D eigenvalue weighted by atomic mass is 16.5. The number of fused-ring (bicyclic) bond motifs is 15. The maximum absolute atomic E-state index is 6.74. The Bertz CT molecular complexity index is 4620. The predicted octanol–water partition coefficient (Wildman–Crippen LogP) is 21.3.